The van der Waals surface area contributed by atoms with Gasteiger partial charge < -0.3 is 5.32 Å². The second kappa shape index (κ2) is 9.68. The van der Waals surface area contributed by atoms with Crippen molar-refractivity contribution in [2.24, 2.45) is 4.99 Å². The van der Waals surface area contributed by atoms with Gasteiger partial charge in [-0.2, -0.15) is 0 Å². The van der Waals surface area contributed by atoms with Crippen LogP contribution in [0.1, 0.15) is 43.2 Å². The first-order valence-electron chi connectivity index (χ1n) is 8.43. The quantitative estimate of drug-likeness (QED) is 0.706. The van der Waals surface area contributed by atoms with Crippen molar-refractivity contribution in [2.45, 2.75) is 27.2 Å². The lowest BCUT2D eigenvalue weighted by atomic mass is 10.1. The van der Waals surface area contributed by atoms with E-state index in [0.29, 0.717) is 16.4 Å². The van der Waals surface area contributed by atoms with Crippen LogP contribution in [0.5, 0.6) is 0 Å². The van der Waals surface area contributed by atoms with Crippen molar-refractivity contribution in [1.82, 2.24) is 10.3 Å². The molecular weight excluding hydrogens is 346 g/mol. The summed E-state index contributed by atoms with van der Waals surface area (Å²) in [5.41, 5.74) is 3.23. The Bertz CT molecular complexity index is 837. The topological polar surface area (TPSA) is 54.4 Å². The maximum atomic E-state index is 12.5. The van der Waals surface area contributed by atoms with Gasteiger partial charge in [-0.25, -0.2) is 4.99 Å². The fraction of sp³-hybridized carbons (Fsp3) is 0.190. The third-order valence-electron chi connectivity index (χ3n) is 3.88. The van der Waals surface area contributed by atoms with Crippen molar-refractivity contribution in [1.29, 1.82) is 0 Å². The number of benzene rings is 1. The highest BCUT2D eigenvalue weighted by Crippen LogP contribution is 2.14. The molecule has 1 N–H and O–H groups in total. The lowest BCUT2D eigenvalue weighted by Gasteiger charge is -2.10. The summed E-state index contributed by atoms with van der Waals surface area (Å²) in [6, 6.07) is 12.5. The molecule has 0 saturated carbocycles. The van der Waals surface area contributed by atoms with Gasteiger partial charge in [0.25, 0.3) is 5.91 Å². The van der Waals surface area contributed by atoms with Crippen LogP contribution in [-0.4, -0.2) is 17.1 Å². The van der Waals surface area contributed by atoms with Gasteiger partial charge in [-0.1, -0.05) is 30.7 Å². The van der Waals surface area contributed by atoms with Crippen molar-refractivity contribution in [3.05, 3.63) is 82.4 Å². The number of carbonyl (C=O) groups excluding carboxylic acids is 1. The fourth-order valence-electron chi connectivity index (χ4n) is 2.15. The number of amides is 1. The molecule has 2 rings (SSSR count). The van der Waals surface area contributed by atoms with Gasteiger partial charge in [0, 0.05) is 28.6 Å². The SMILES string of the molecule is C\C=C(/C=N\C(NC(=O)c1ccc(Cl)cc1)=C(/C)CC)c1ccccn1. The summed E-state index contributed by atoms with van der Waals surface area (Å²) in [5.74, 6) is 0.323. The molecule has 1 aromatic carbocycles. The van der Waals surface area contributed by atoms with Crippen molar-refractivity contribution in [3.63, 3.8) is 0 Å². The Kier molecular flexibility index (Phi) is 7.30. The minimum Gasteiger partial charge on any atom is -0.307 e. The predicted octanol–water partition coefficient (Wildman–Crippen LogP) is 5.28. The molecule has 0 spiro atoms. The van der Waals surface area contributed by atoms with Crippen molar-refractivity contribution < 1.29 is 4.79 Å². The maximum Gasteiger partial charge on any atom is 0.256 e. The van der Waals surface area contributed by atoms with E-state index in [9.17, 15) is 4.79 Å². The number of carbonyl (C=O) groups is 1. The van der Waals surface area contributed by atoms with Gasteiger partial charge in [-0.15, -0.1) is 0 Å². The van der Waals surface area contributed by atoms with Crippen molar-refractivity contribution in [3.8, 4) is 0 Å². The Morgan fingerprint density at radius 1 is 1.23 bits per heavy atom. The summed E-state index contributed by atoms with van der Waals surface area (Å²) in [4.78, 5) is 21.3. The smallest absolute Gasteiger partial charge is 0.256 e. The number of allylic oxidation sites excluding steroid dienone is 3. The molecule has 0 unspecified atom stereocenters. The van der Waals surface area contributed by atoms with E-state index in [2.05, 4.69) is 15.3 Å². The first-order chi connectivity index (χ1) is 12.5. The van der Waals surface area contributed by atoms with E-state index in [-0.39, 0.29) is 5.91 Å². The number of nitrogens with zero attached hydrogens (tertiary/aromatic N) is 2. The molecule has 0 saturated heterocycles. The molecule has 2 aromatic rings. The molecule has 0 aliphatic heterocycles. The van der Waals surface area contributed by atoms with Crippen LogP contribution < -0.4 is 5.32 Å². The number of aliphatic imine (C=N–C) groups is 1. The maximum absolute atomic E-state index is 12.5. The van der Waals surface area contributed by atoms with Gasteiger partial charge in [-0.3, -0.25) is 9.78 Å². The monoisotopic (exact) mass is 367 g/mol. The number of rotatable bonds is 6. The number of nitrogens with one attached hydrogen (secondary N) is 1. The average Bonchev–Trinajstić information content (AvgIpc) is 2.68. The van der Waals surface area contributed by atoms with Crippen LogP contribution in [-0.2, 0) is 0 Å². The molecule has 1 aromatic heterocycles. The Balaban J connectivity index is 2.23. The third kappa shape index (κ3) is 5.39. The van der Waals surface area contributed by atoms with E-state index >= 15 is 0 Å². The van der Waals surface area contributed by atoms with Crippen LogP contribution in [0.3, 0.4) is 0 Å². The minimum atomic E-state index is -0.221. The van der Waals surface area contributed by atoms with E-state index in [1.54, 1.807) is 36.7 Å². The average molecular weight is 368 g/mol. The first-order valence-corrected chi connectivity index (χ1v) is 8.81. The van der Waals surface area contributed by atoms with Crippen LogP contribution in [0.4, 0.5) is 0 Å². The minimum absolute atomic E-state index is 0.221. The highest BCUT2D eigenvalue weighted by atomic mass is 35.5. The number of hydrogen-bond donors (Lipinski definition) is 1. The molecule has 0 atom stereocenters. The molecule has 0 radical (unpaired) electrons. The Hall–Kier alpha value is -2.72. The largest absolute Gasteiger partial charge is 0.307 e. The lowest BCUT2D eigenvalue weighted by Crippen LogP contribution is -2.23. The second-order valence-corrected chi connectivity index (χ2v) is 6.10. The molecule has 26 heavy (non-hydrogen) atoms. The van der Waals surface area contributed by atoms with E-state index in [0.717, 1.165) is 23.3 Å². The summed E-state index contributed by atoms with van der Waals surface area (Å²) in [7, 11) is 0. The highest BCUT2D eigenvalue weighted by molar-refractivity contribution is 6.30. The third-order valence-corrected chi connectivity index (χ3v) is 4.13. The van der Waals surface area contributed by atoms with Gasteiger partial charge >= 0.3 is 0 Å². The van der Waals surface area contributed by atoms with Crippen LogP contribution >= 0.6 is 11.6 Å². The molecule has 0 fully saturated rings. The molecule has 5 heteroatoms. The van der Waals surface area contributed by atoms with Crippen molar-refractivity contribution in [2.75, 3.05) is 0 Å². The zero-order valence-corrected chi connectivity index (χ0v) is 15.9. The van der Waals surface area contributed by atoms with E-state index in [4.69, 9.17) is 11.6 Å². The predicted molar refractivity (Wildman–Crippen MR) is 108 cm³/mol. The summed E-state index contributed by atoms with van der Waals surface area (Å²) in [6.07, 6.45) is 6.18. The summed E-state index contributed by atoms with van der Waals surface area (Å²) < 4.78 is 0. The van der Waals surface area contributed by atoms with Gasteiger partial charge in [0.2, 0.25) is 0 Å². The molecule has 4 nitrogen and oxygen atoms in total. The molecule has 134 valence electrons. The first kappa shape index (κ1) is 19.6. The van der Waals surface area contributed by atoms with Crippen molar-refractivity contribution >= 4 is 29.3 Å². The summed E-state index contributed by atoms with van der Waals surface area (Å²) in [5, 5.41) is 3.48. The summed E-state index contributed by atoms with van der Waals surface area (Å²) >= 11 is 5.88. The number of aromatic nitrogens is 1. The van der Waals surface area contributed by atoms with Crippen LogP contribution in [0, 0.1) is 0 Å². The van der Waals surface area contributed by atoms with E-state index < -0.39 is 0 Å². The van der Waals surface area contributed by atoms with E-state index in [1.165, 1.54) is 0 Å². The van der Waals surface area contributed by atoms with Crippen LogP contribution in [0.2, 0.25) is 5.02 Å². The van der Waals surface area contributed by atoms with E-state index in [1.807, 2.05) is 45.0 Å². The number of pyridine rings is 1. The molecule has 0 bridgehead atoms. The Labute approximate surface area is 159 Å². The second-order valence-electron chi connectivity index (χ2n) is 5.66. The van der Waals surface area contributed by atoms with Crippen LogP contribution in [0.15, 0.2) is 71.1 Å². The number of hydrogen-bond acceptors (Lipinski definition) is 3. The molecule has 0 aliphatic carbocycles. The van der Waals surface area contributed by atoms with Crippen LogP contribution in [0.25, 0.3) is 5.57 Å². The Morgan fingerprint density at radius 3 is 2.54 bits per heavy atom. The van der Waals surface area contributed by atoms with Gasteiger partial charge in [0.15, 0.2) is 0 Å². The Morgan fingerprint density at radius 2 is 1.96 bits per heavy atom. The summed E-state index contributed by atoms with van der Waals surface area (Å²) in [6.45, 7) is 5.90. The number of halogens is 1. The molecule has 1 amide bonds. The molecule has 0 aliphatic rings. The molecule has 1 heterocycles. The molecular formula is C21H22ClN3O. The van der Waals surface area contributed by atoms with Gasteiger partial charge in [-0.05, 0) is 62.2 Å². The standard InChI is InChI=1S/C21H22ClN3O/c1-4-15(3)20(25-21(26)17-9-11-18(22)12-10-17)24-14-16(5-2)19-8-6-7-13-23-19/h5-14H,4H2,1-3H3,(H,25,26)/b16-5+,20-15-,24-14-. The normalized spacial score (nSPS) is 12.8. The highest BCUT2D eigenvalue weighted by Gasteiger charge is 2.09. The van der Waals surface area contributed by atoms with Gasteiger partial charge in [0.05, 0.1) is 5.69 Å². The van der Waals surface area contributed by atoms with Gasteiger partial charge in [0.1, 0.15) is 5.82 Å². The fourth-order valence-corrected chi connectivity index (χ4v) is 2.28. The zero-order valence-electron chi connectivity index (χ0n) is 15.2. The lowest BCUT2D eigenvalue weighted by molar-refractivity contribution is 0.0965. The zero-order chi connectivity index (χ0) is 18.9.